The number of thiophene rings is 1. The smallest absolute Gasteiger partial charge is 0.273 e. The number of aromatic nitrogens is 3. The van der Waals surface area contributed by atoms with Gasteiger partial charge < -0.3 is 5.32 Å². The second-order valence-electron chi connectivity index (χ2n) is 4.05. The van der Waals surface area contributed by atoms with Gasteiger partial charge in [0.1, 0.15) is 0 Å². The van der Waals surface area contributed by atoms with E-state index in [1.165, 1.54) is 40.8 Å². The summed E-state index contributed by atoms with van der Waals surface area (Å²) in [5.74, 6) is -0.188. The van der Waals surface area contributed by atoms with Gasteiger partial charge in [-0.1, -0.05) is 0 Å². The molecule has 88 valence electrons. The maximum absolute atomic E-state index is 11.6. The molecule has 17 heavy (non-hydrogen) atoms. The Balaban J connectivity index is 1.62. The van der Waals surface area contributed by atoms with E-state index in [1.807, 2.05) is 0 Å². The lowest BCUT2D eigenvalue weighted by molar-refractivity contribution is 0.0946. The summed E-state index contributed by atoms with van der Waals surface area (Å²) in [5, 5.41) is 12.6. The Hall–Kier alpha value is -1.69. The van der Waals surface area contributed by atoms with Crippen molar-refractivity contribution in [3.63, 3.8) is 0 Å². The summed E-state index contributed by atoms with van der Waals surface area (Å²) < 4.78 is 0. The third-order valence-corrected chi connectivity index (χ3v) is 4.11. The number of amides is 1. The number of aryl methyl sites for hydroxylation is 2. The van der Waals surface area contributed by atoms with E-state index in [-0.39, 0.29) is 5.91 Å². The van der Waals surface area contributed by atoms with Crippen molar-refractivity contribution in [1.82, 2.24) is 20.7 Å². The number of carbonyl (C=O) groups excluding carboxylic acids is 1. The van der Waals surface area contributed by atoms with Crippen LogP contribution in [0.25, 0.3) is 0 Å². The first kappa shape index (κ1) is 10.5. The summed E-state index contributed by atoms with van der Waals surface area (Å²) in [6.07, 6.45) is 5.07. The quantitative estimate of drug-likeness (QED) is 0.859. The Kier molecular flexibility index (Phi) is 2.64. The van der Waals surface area contributed by atoms with E-state index in [0.29, 0.717) is 12.2 Å². The van der Waals surface area contributed by atoms with Crippen molar-refractivity contribution in [2.45, 2.75) is 25.8 Å². The number of fused-ring (bicyclic) bond motifs is 1. The molecule has 1 aliphatic rings. The van der Waals surface area contributed by atoms with Crippen LogP contribution in [0.1, 0.15) is 32.2 Å². The van der Waals surface area contributed by atoms with E-state index >= 15 is 0 Å². The average molecular weight is 248 g/mol. The van der Waals surface area contributed by atoms with Crippen LogP contribution in [0.5, 0.6) is 0 Å². The molecule has 0 aromatic carbocycles. The molecular formula is C11H12N4OS. The van der Waals surface area contributed by atoms with E-state index in [0.717, 1.165) is 0 Å². The van der Waals surface area contributed by atoms with Crippen LogP contribution in [0.15, 0.2) is 12.3 Å². The predicted molar refractivity (Wildman–Crippen MR) is 63.9 cm³/mol. The standard InChI is InChI=1S/C11H12N4OS/c16-11(9-6-13-15-14-9)12-5-8-4-7-2-1-3-10(7)17-8/h4,6H,1-3,5H2,(H,12,16)(H,13,14,15). The minimum absolute atomic E-state index is 0.188. The van der Waals surface area contributed by atoms with Gasteiger partial charge in [-0.25, -0.2) is 0 Å². The molecule has 1 amide bonds. The molecule has 0 atom stereocenters. The van der Waals surface area contributed by atoms with Crippen molar-refractivity contribution < 1.29 is 4.79 Å². The fourth-order valence-electron chi connectivity index (χ4n) is 2.05. The summed E-state index contributed by atoms with van der Waals surface area (Å²) in [4.78, 5) is 14.3. The molecule has 0 saturated heterocycles. The van der Waals surface area contributed by atoms with Crippen LogP contribution in [0, 0.1) is 0 Å². The Morgan fingerprint density at radius 2 is 2.47 bits per heavy atom. The van der Waals surface area contributed by atoms with Crippen molar-refractivity contribution in [3.05, 3.63) is 33.3 Å². The second kappa shape index (κ2) is 4.29. The molecule has 6 heteroatoms. The number of hydrogen-bond acceptors (Lipinski definition) is 4. The Bertz CT molecular complexity index is 510. The van der Waals surface area contributed by atoms with Crippen molar-refractivity contribution in [3.8, 4) is 0 Å². The van der Waals surface area contributed by atoms with Crippen molar-refractivity contribution in [1.29, 1.82) is 0 Å². The Morgan fingerprint density at radius 3 is 3.24 bits per heavy atom. The topological polar surface area (TPSA) is 70.7 Å². The van der Waals surface area contributed by atoms with Gasteiger partial charge >= 0.3 is 0 Å². The zero-order valence-corrected chi connectivity index (χ0v) is 10.0. The first-order chi connectivity index (χ1) is 8.33. The van der Waals surface area contributed by atoms with Crippen LogP contribution in [0.2, 0.25) is 0 Å². The average Bonchev–Trinajstić information content (AvgIpc) is 3.01. The van der Waals surface area contributed by atoms with Crippen LogP contribution in [0.3, 0.4) is 0 Å². The van der Waals surface area contributed by atoms with Gasteiger partial charge in [0.25, 0.3) is 5.91 Å². The molecule has 3 rings (SSSR count). The predicted octanol–water partition coefficient (Wildman–Crippen LogP) is 1.28. The molecule has 2 heterocycles. The van der Waals surface area contributed by atoms with Gasteiger partial charge in [0.05, 0.1) is 12.7 Å². The van der Waals surface area contributed by atoms with E-state index in [9.17, 15) is 4.79 Å². The normalized spacial score (nSPS) is 13.6. The number of aromatic amines is 1. The highest BCUT2D eigenvalue weighted by Gasteiger charge is 2.15. The molecule has 2 aromatic heterocycles. The third-order valence-electron chi connectivity index (χ3n) is 2.87. The number of hydrogen-bond donors (Lipinski definition) is 2. The summed E-state index contributed by atoms with van der Waals surface area (Å²) in [7, 11) is 0. The van der Waals surface area contributed by atoms with Crippen LogP contribution in [-0.4, -0.2) is 21.3 Å². The molecule has 0 saturated carbocycles. The lowest BCUT2D eigenvalue weighted by Gasteiger charge is -1.99. The van der Waals surface area contributed by atoms with E-state index < -0.39 is 0 Å². The van der Waals surface area contributed by atoms with Crippen LogP contribution in [0.4, 0.5) is 0 Å². The summed E-state index contributed by atoms with van der Waals surface area (Å²) in [6.45, 7) is 0.573. The van der Waals surface area contributed by atoms with Crippen LogP contribution < -0.4 is 5.32 Å². The van der Waals surface area contributed by atoms with Crippen molar-refractivity contribution >= 4 is 17.2 Å². The first-order valence-electron chi connectivity index (χ1n) is 5.57. The molecule has 0 radical (unpaired) electrons. The lowest BCUT2D eigenvalue weighted by Crippen LogP contribution is -2.22. The summed E-state index contributed by atoms with van der Waals surface area (Å²) in [5.41, 5.74) is 1.79. The number of rotatable bonds is 3. The number of H-pyrrole nitrogens is 1. The molecule has 2 N–H and O–H groups in total. The molecule has 0 fully saturated rings. The lowest BCUT2D eigenvalue weighted by atomic mass is 10.2. The molecule has 0 aliphatic heterocycles. The van der Waals surface area contributed by atoms with Crippen molar-refractivity contribution in [2.24, 2.45) is 0 Å². The van der Waals surface area contributed by atoms with E-state index in [2.05, 4.69) is 26.8 Å². The highest BCUT2D eigenvalue weighted by molar-refractivity contribution is 7.12. The molecular weight excluding hydrogens is 236 g/mol. The van der Waals surface area contributed by atoms with Gasteiger partial charge in [-0.05, 0) is 30.9 Å². The minimum atomic E-state index is -0.188. The van der Waals surface area contributed by atoms with E-state index in [4.69, 9.17) is 0 Å². The highest BCUT2D eigenvalue weighted by atomic mass is 32.1. The molecule has 0 bridgehead atoms. The van der Waals surface area contributed by atoms with Crippen LogP contribution >= 0.6 is 11.3 Å². The third kappa shape index (κ3) is 2.08. The number of nitrogens with zero attached hydrogens (tertiary/aromatic N) is 2. The van der Waals surface area contributed by atoms with Crippen LogP contribution in [-0.2, 0) is 19.4 Å². The zero-order chi connectivity index (χ0) is 11.7. The minimum Gasteiger partial charge on any atom is -0.346 e. The highest BCUT2D eigenvalue weighted by Crippen LogP contribution is 2.30. The Morgan fingerprint density at radius 1 is 1.53 bits per heavy atom. The van der Waals surface area contributed by atoms with Gasteiger partial charge in [-0.3, -0.25) is 4.79 Å². The van der Waals surface area contributed by atoms with Gasteiger partial charge in [-0.15, -0.1) is 11.3 Å². The van der Waals surface area contributed by atoms with Gasteiger partial charge in [-0.2, -0.15) is 15.4 Å². The summed E-state index contributed by atoms with van der Waals surface area (Å²) >= 11 is 1.80. The van der Waals surface area contributed by atoms with E-state index in [1.54, 1.807) is 11.3 Å². The number of carbonyl (C=O) groups is 1. The molecule has 5 nitrogen and oxygen atoms in total. The van der Waals surface area contributed by atoms with Gasteiger partial charge in [0.2, 0.25) is 0 Å². The Labute approximate surface area is 102 Å². The summed E-state index contributed by atoms with van der Waals surface area (Å²) in [6, 6.07) is 2.20. The fourth-order valence-corrected chi connectivity index (χ4v) is 3.25. The monoisotopic (exact) mass is 248 g/mol. The van der Waals surface area contributed by atoms with Crippen molar-refractivity contribution in [2.75, 3.05) is 0 Å². The van der Waals surface area contributed by atoms with Gasteiger partial charge in [0.15, 0.2) is 5.69 Å². The fraction of sp³-hybridized carbons (Fsp3) is 0.364. The molecule has 0 unspecified atom stereocenters. The maximum atomic E-state index is 11.6. The first-order valence-corrected chi connectivity index (χ1v) is 6.39. The number of nitrogens with one attached hydrogen (secondary N) is 2. The molecule has 1 aliphatic carbocycles. The zero-order valence-electron chi connectivity index (χ0n) is 9.19. The SMILES string of the molecule is O=C(NCc1cc2c(s1)CCC2)c1cn[nH]n1. The second-order valence-corrected chi connectivity index (χ2v) is 5.27. The molecule has 0 spiro atoms. The molecule has 2 aromatic rings. The largest absolute Gasteiger partial charge is 0.346 e. The maximum Gasteiger partial charge on any atom is 0.273 e. The van der Waals surface area contributed by atoms with Gasteiger partial charge in [0, 0.05) is 9.75 Å².